The Labute approximate surface area is 173 Å². The number of fused-ring (bicyclic) bond motifs is 1. The molecule has 2 aromatic heterocycles. The molecule has 0 spiro atoms. The zero-order valence-corrected chi connectivity index (χ0v) is 17.1. The first-order valence-electron chi connectivity index (χ1n) is 9.75. The Kier molecular flexibility index (Phi) is 5.62. The maximum atomic E-state index is 12.8. The highest BCUT2D eigenvalue weighted by Crippen LogP contribution is 2.26. The molecule has 4 aromatic rings. The number of thiophene rings is 1. The molecular formula is C23H23N3O2S. The topological polar surface area (TPSA) is 56.0 Å². The summed E-state index contributed by atoms with van der Waals surface area (Å²) in [5.74, 6) is -0.0764. The maximum absolute atomic E-state index is 12.8. The summed E-state index contributed by atoms with van der Waals surface area (Å²) < 4.78 is 3.44. The van der Waals surface area contributed by atoms with Crippen LogP contribution in [0.3, 0.4) is 0 Å². The Hall–Kier alpha value is -3.12. The molecule has 148 valence electrons. The van der Waals surface area contributed by atoms with E-state index in [9.17, 15) is 9.59 Å². The zero-order valence-electron chi connectivity index (χ0n) is 16.2. The van der Waals surface area contributed by atoms with E-state index in [0.717, 1.165) is 21.5 Å². The van der Waals surface area contributed by atoms with Gasteiger partial charge in [0.25, 0.3) is 0 Å². The largest absolute Gasteiger partial charge is 0.344 e. The van der Waals surface area contributed by atoms with Crippen LogP contribution in [-0.4, -0.2) is 15.0 Å². The van der Waals surface area contributed by atoms with Crippen LogP contribution in [-0.2, 0) is 17.9 Å². The number of rotatable bonds is 7. The van der Waals surface area contributed by atoms with E-state index in [2.05, 4.69) is 5.32 Å². The summed E-state index contributed by atoms with van der Waals surface area (Å²) in [6, 6.07) is 21.5. The van der Waals surface area contributed by atoms with Crippen LogP contribution < -0.4 is 11.0 Å². The predicted octanol–water partition coefficient (Wildman–Crippen LogP) is 4.18. The quantitative estimate of drug-likeness (QED) is 0.501. The van der Waals surface area contributed by atoms with Crippen LogP contribution in [0, 0.1) is 0 Å². The van der Waals surface area contributed by atoms with Crippen molar-refractivity contribution in [2.45, 2.75) is 32.5 Å². The molecule has 0 fully saturated rings. The van der Waals surface area contributed by atoms with Gasteiger partial charge in [0.05, 0.1) is 17.1 Å². The van der Waals surface area contributed by atoms with E-state index >= 15 is 0 Å². The van der Waals surface area contributed by atoms with Gasteiger partial charge in [-0.05, 0) is 36.1 Å². The molecule has 0 aliphatic carbocycles. The van der Waals surface area contributed by atoms with E-state index in [0.29, 0.717) is 13.1 Å². The van der Waals surface area contributed by atoms with E-state index < -0.39 is 0 Å². The molecule has 0 bridgehead atoms. The van der Waals surface area contributed by atoms with Crippen molar-refractivity contribution >= 4 is 28.3 Å². The van der Waals surface area contributed by atoms with E-state index in [1.54, 1.807) is 20.5 Å². The van der Waals surface area contributed by atoms with Crippen molar-refractivity contribution in [1.29, 1.82) is 0 Å². The van der Waals surface area contributed by atoms with Gasteiger partial charge in [0.2, 0.25) is 5.91 Å². The van der Waals surface area contributed by atoms with Gasteiger partial charge in [-0.15, -0.1) is 11.3 Å². The van der Waals surface area contributed by atoms with Crippen LogP contribution in [0.15, 0.2) is 76.9 Å². The molecule has 0 aliphatic heterocycles. The maximum Gasteiger partial charge on any atom is 0.329 e. The summed E-state index contributed by atoms with van der Waals surface area (Å²) >= 11 is 1.62. The highest BCUT2D eigenvalue weighted by molar-refractivity contribution is 7.10. The summed E-state index contributed by atoms with van der Waals surface area (Å²) in [7, 11) is 0. The van der Waals surface area contributed by atoms with Crippen molar-refractivity contribution < 1.29 is 4.79 Å². The lowest BCUT2D eigenvalue weighted by Gasteiger charge is -2.18. The average Bonchev–Trinajstić information content (AvgIpc) is 3.37. The molecule has 0 radical (unpaired) electrons. The summed E-state index contributed by atoms with van der Waals surface area (Å²) in [4.78, 5) is 26.6. The van der Waals surface area contributed by atoms with Gasteiger partial charge in [0.15, 0.2) is 0 Å². The third kappa shape index (κ3) is 3.89. The number of para-hydroxylation sites is 2. The van der Waals surface area contributed by atoms with Crippen LogP contribution in [0.25, 0.3) is 11.0 Å². The van der Waals surface area contributed by atoms with Gasteiger partial charge in [-0.25, -0.2) is 4.79 Å². The second-order valence-electron chi connectivity index (χ2n) is 6.84. The van der Waals surface area contributed by atoms with E-state index in [-0.39, 0.29) is 24.1 Å². The Morgan fingerprint density at radius 1 is 0.966 bits per heavy atom. The summed E-state index contributed by atoms with van der Waals surface area (Å²) in [5, 5.41) is 5.15. The fraction of sp³-hybridized carbons (Fsp3) is 0.217. The van der Waals surface area contributed by atoms with Crippen LogP contribution in [0.4, 0.5) is 0 Å². The van der Waals surface area contributed by atoms with Crippen molar-refractivity contribution in [3.63, 3.8) is 0 Å². The second kappa shape index (κ2) is 8.49. The molecule has 2 aromatic carbocycles. The van der Waals surface area contributed by atoms with Crippen molar-refractivity contribution in [1.82, 2.24) is 14.5 Å². The molecule has 1 amide bonds. The number of nitrogens with one attached hydrogen (secondary N) is 1. The minimum atomic E-state index is -0.183. The molecular weight excluding hydrogens is 382 g/mol. The molecule has 5 nitrogen and oxygen atoms in total. The van der Waals surface area contributed by atoms with Crippen LogP contribution in [0.5, 0.6) is 0 Å². The molecule has 0 saturated heterocycles. The minimum absolute atomic E-state index is 0.0700. The van der Waals surface area contributed by atoms with E-state index in [1.807, 2.05) is 79.0 Å². The number of nitrogens with zero attached hydrogens (tertiary/aromatic N) is 2. The Morgan fingerprint density at radius 2 is 1.66 bits per heavy atom. The van der Waals surface area contributed by atoms with E-state index in [1.165, 1.54) is 0 Å². The number of aryl methyl sites for hydroxylation is 2. The molecule has 1 N–H and O–H groups in total. The number of aromatic nitrogens is 2. The first-order chi connectivity index (χ1) is 14.2. The Bertz CT molecular complexity index is 1160. The number of carbonyl (C=O) groups excluding carboxylic acids is 1. The summed E-state index contributed by atoms with van der Waals surface area (Å²) in [6.45, 7) is 2.91. The normalized spacial score (nSPS) is 12.2. The lowest BCUT2D eigenvalue weighted by Crippen LogP contribution is -2.31. The fourth-order valence-corrected chi connectivity index (χ4v) is 4.46. The highest BCUT2D eigenvalue weighted by Gasteiger charge is 2.18. The van der Waals surface area contributed by atoms with Crippen molar-refractivity contribution in [2.24, 2.45) is 0 Å². The molecule has 29 heavy (non-hydrogen) atoms. The number of imidazole rings is 1. The zero-order chi connectivity index (χ0) is 20.2. The van der Waals surface area contributed by atoms with Crippen LogP contribution in [0.1, 0.15) is 29.8 Å². The van der Waals surface area contributed by atoms with Crippen molar-refractivity contribution in [2.75, 3.05) is 0 Å². The van der Waals surface area contributed by atoms with Gasteiger partial charge < -0.3 is 5.32 Å². The second-order valence-corrected chi connectivity index (χ2v) is 7.82. The SMILES string of the molecule is CCn1c(=O)n(CCC(=O)N[C@H](c2ccccc2)c2cccs2)c2ccccc21. The Balaban J connectivity index is 1.54. The lowest BCUT2D eigenvalue weighted by molar-refractivity contribution is -0.121. The molecule has 4 rings (SSSR count). The lowest BCUT2D eigenvalue weighted by atomic mass is 10.1. The molecule has 0 unspecified atom stereocenters. The van der Waals surface area contributed by atoms with Gasteiger partial charge in [-0.3, -0.25) is 13.9 Å². The molecule has 6 heteroatoms. The van der Waals surface area contributed by atoms with Gasteiger partial charge in [0, 0.05) is 24.4 Å². The summed E-state index contributed by atoms with van der Waals surface area (Å²) in [6.07, 6.45) is 0.242. The monoisotopic (exact) mass is 405 g/mol. The number of hydrogen-bond acceptors (Lipinski definition) is 3. The van der Waals surface area contributed by atoms with Gasteiger partial charge in [-0.2, -0.15) is 0 Å². The fourth-order valence-electron chi connectivity index (χ4n) is 3.66. The smallest absolute Gasteiger partial charge is 0.329 e. The Morgan fingerprint density at radius 3 is 2.31 bits per heavy atom. The third-order valence-electron chi connectivity index (χ3n) is 5.07. The molecule has 2 heterocycles. The van der Waals surface area contributed by atoms with E-state index in [4.69, 9.17) is 0 Å². The first kappa shape index (κ1) is 19.2. The first-order valence-corrected chi connectivity index (χ1v) is 10.6. The highest BCUT2D eigenvalue weighted by atomic mass is 32.1. The van der Waals surface area contributed by atoms with Gasteiger partial charge in [0.1, 0.15) is 0 Å². The molecule has 0 saturated carbocycles. The number of benzene rings is 2. The molecule has 1 atom stereocenters. The van der Waals surface area contributed by atoms with Crippen molar-refractivity contribution in [3.05, 3.63) is 93.0 Å². The number of hydrogen-bond donors (Lipinski definition) is 1. The number of carbonyl (C=O) groups is 1. The standard InChI is InChI=1S/C23H23N3O2S/c1-2-25-18-11-6-7-12-19(18)26(23(25)28)15-14-21(27)24-22(20-13-8-16-29-20)17-9-4-3-5-10-17/h3-13,16,22H,2,14-15H2,1H3,(H,24,27)/t22-/m1/s1. The summed E-state index contributed by atoms with van der Waals surface area (Å²) in [5.41, 5.74) is 2.74. The molecule has 0 aliphatic rings. The van der Waals surface area contributed by atoms with Crippen molar-refractivity contribution in [3.8, 4) is 0 Å². The average molecular weight is 406 g/mol. The van der Waals surface area contributed by atoms with Crippen LogP contribution >= 0.6 is 11.3 Å². The number of amides is 1. The van der Waals surface area contributed by atoms with Gasteiger partial charge in [-0.1, -0.05) is 48.5 Å². The van der Waals surface area contributed by atoms with Crippen LogP contribution in [0.2, 0.25) is 0 Å². The third-order valence-corrected chi connectivity index (χ3v) is 6.01. The minimum Gasteiger partial charge on any atom is -0.344 e. The van der Waals surface area contributed by atoms with Gasteiger partial charge >= 0.3 is 5.69 Å². The predicted molar refractivity (Wildman–Crippen MR) is 117 cm³/mol.